The molecule has 4 unspecified atom stereocenters. The molecule has 0 N–H and O–H groups in total. The van der Waals surface area contributed by atoms with Crippen molar-refractivity contribution in [2.24, 2.45) is 29.6 Å². The van der Waals surface area contributed by atoms with E-state index in [1.54, 1.807) is 21.3 Å². The summed E-state index contributed by atoms with van der Waals surface area (Å²) >= 11 is 0. The molecule has 0 bridgehead atoms. The number of hydrogen-bond donors (Lipinski definition) is 0. The van der Waals surface area contributed by atoms with E-state index in [9.17, 15) is 9.59 Å². The van der Waals surface area contributed by atoms with Crippen molar-refractivity contribution in [1.82, 2.24) is 0 Å². The van der Waals surface area contributed by atoms with Crippen LogP contribution in [0.25, 0.3) is 0 Å². The molecule has 0 aromatic carbocycles. The highest BCUT2D eigenvalue weighted by Crippen LogP contribution is 2.50. The fourth-order valence-electron chi connectivity index (χ4n) is 4.78. The Balaban J connectivity index is 0.00000114. The van der Waals surface area contributed by atoms with E-state index in [0.717, 1.165) is 38.5 Å². The zero-order valence-electron chi connectivity index (χ0n) is 17.9. The number of Topliss-reactive ketones (excluding diaryl/α,β-unsaturated/α-hetero) is 2. The quantitative estimate of drug-likeness (QED) is 0.478. The van der Waals surface area contributed by atoms with Gasteiger partial charge in [-0.25, -0.2) is 0 Å². The summed E-state index contributed by atoms with van der Waals surface area (Å²) in [4.78, 5) is 25.7. The van der Waals surface area contributed by atoms with Gasteiger partial charge in [-0.15, -0.1) is 0 Å². The van der Waals surface area contributed by atoms with Crippen LogP contribution in [0.2, 0.25) is 0 Å². The van der Waals surface area contributed by atoms with Gasteiger partial charge in [0.15, 0.2) is 11.6 Å². The predicted octanol–water partition coefficient (Wildman–Crippen LogP) is 4.63. The van der Waals surface area contributed by atoms with Crippen LogP contribution < -0.4 is 0 Å². The number of carbonyl (C=O) groups excluding carboxylic acids is 2. The fourth-order valence-corrected chi connectivity index (χ4v) is 4.78. The topological polar surface area (TPSA) is 52.6 Å². The number of hydrogen-bond acceptors (Lipinski definition) is 4. The van der Waals surface area contributed by atoms with Crippen LogP contribution in [0.1, 0.15) is 52.4 Å². The van der Waals surface area contributed by atoms with E-state index < -0.39 is 5.92 Å². The lowest BCUT2D eigenvalue weighted by molar-refractivity contribution is -0.138. The number of fused-ring (bicyclic) bond motifs is 1. The minimum atomic E-state index is -0.520. The summed E-state index contributed by atoms with van der Waals surface area (Å²) < 4.78 is 9.51. The average molecular weight is 379 g/mol. The molecule has 2 fully saturated rings. The molecule has 0 radical (unpaired) electrons. The second-order valence-corrected chi connectivity index (χ2v) is 7.86. The van der Waals surface area contributed by atoms with E-state index in [2.05, 4.69) is 31.7 Å². The standard InChI is InChI=1S/C21H32O3.C2H6O/c1-6-8-9-17-16(10-11-24-5)14(4)21(23)19-18(17)12-15(7-2)13(3)20(19)22;1-3-2/h15-19H,3-4,6-12H2,1-2,5H3;1-2H3/t15-,16?,17?,18?,19?;/m0./s1. The molecule has 0 aromatic heterocycles. The molecule has 0 aliphatic heterocycles. The van der Waals surface area contributed by atoms with Crippen molar-refractivity contribution in [3.63, 3.8) is 0 Å². The van der Waals surface area contributed by atoms with Crippen LogP contribution in [0.4, 0.5) is 0 Å². The lowest BCUT2D eigenvalue weighted by Crippen LogP contribution is -2.50. The molecule has 27 heavy (non-hydrogen) atoms. The molecule has 4 nitrogen and oxygen atoms in total. The van der Waals surface area contributed by atoms with Gasteiger partial charge in [0.25, 0.3) is 0 Å². The molecule has 2 aliphatic rings. The van der Waals surface area contributed by atoms with E-state index in [1.807, 2.05) is 0 Å². The Bertz CT molecular complexity index is 536. The molecule has 2 rings (SSSR count). The Morgan fingerprint density at radius 2 is 1.59 bits per heavy atom. The van der Waals surface area contributed by atoms with Crippen molar-refractivity contribution in [2.45, 2.75) is 52.4 Å². The Hall–Kier alpha value is -1.26. The van der Waals surface area contributed by atoms with Crippen molar-refractivity contribution in [3.8, 4) is 0 Å². The third-order valence-electron chi connectivity index (χ3n) is 6.21. The maximum atomic E-state index is 12.9. The maximum absolute atomic E-state index is 12.9. The van der Waals surface area contributed by atoms with E-state index in [1.165, 1.54) is 0 Å². The molecule has 0 heterocycles. The number of ketones is 2. The first-order valence-corrected chi connectivity index (χ1v) is 10.2. The van der Waals surface area contributed by atoms with E-state index >= 15 is 0 Å². The Labute approximate surface area is 165 Å². The van der Waals surface area contributed by atoms with Crippen LogP contribution in [0.15, 0.2) is 24.3 Å². The number of unbranched alkanes of at least 4 members (excludes halogenated alkanes) is 1. The monoisotopic (exact) mass is 378 g/mol. The average Bonchev–Trinajstić information content (AvgIpc) is 2.65. The summed E-state index contributed by atoms with van der Waals surface area (Å²) in [5.74, 6) is 0.326. The van der Waals surface area contributed by atoms with Crippen molar-refractivity contribution < 1.29 is 19.1 Å². The van der Waals surface area contributed by atoms with Gasteiger partial charge in [0.1, 0.15) is 0 Å². The molecule has 2 aliphatic carbocycles. The Morgan fingerprint density at radius 3 is 2.11 bits per heavy atom. The van der Waals surface area contributed by atoms with E-state index in [0.29, 0.717) is 23.7 Å². The molecule has 5 atom stereocenters. The van der Waals surface area contributed by atoms with Gasteiger partial charge >= 0.3 is 0 Å². The van der Waals surface area contributed by atoms with Crippen LogP contribution in [-0.4, -0.2) is 39.5 Å². The molecule has 154 valence electrons. The molecule has 0 amide bonds. The number of ether oxygens (including phenoxy) is 2. The summed E-state index contributed by atoms with van der Waals surface area (Å²) in [5, 5.41) is 0. The van der Waals surface area contributed by atoms with Crippen LogP contribution in [0, 0.1) is 29.6 Å². The van der Waals surface area contributed by atoms with Crippen molar-refractivity contribution >= 4 is 11.6 Å². The van der Waals surface area contributed by atoms with Gasteiger partial charge in [0.05, 0.1) is 5.92 Å². The van der Waals surface area contributed by atoms with Crippen LogP contribution in [-0.2, 0) is 19.1 Å². The largest absolute Gasteiger partial charge is 0.388 e. The van der Waals surface area contributed by atoms with Crippen molar-refractivity contribution in [2.75, 3.05) is 27.9 Å². The van der Waals surface area contributed by atoms with Gasteiger partial charge in [-0.1, -0.05) is 39.8 Å². The Morgan fingerprint density at radius 1 is 1.00 bits per heavy atom. The first kappa shape index (κ1) is 23.8. The fraction of sp³-hybridized carbons (Fsp3) is 0.739. The van der Waals surface area contributed by atoms with Crippen LogP contribution in [0.5, 0.6) is 0 Å². The lowest BCUT2D eigenvalue weighted by atomic mass is 9.55. The number of carbonyl (C=O) groups is 2. The number of rotatable bonds is 7. The van der Waals surface area contributed by atoms with Gasteiger partial charge in [-0.3, -0.25) is 9.59 Å². The minimum Gasteiger partial charge on any atom is -0.388 e. The maximum Gasteiger partial charge on any atom is 0.169 e. The second-order valence-electron chi connectivity index (χ2n) is 7.86. The molecule has 4 heteroatoms. The smallest absolute Gasteiger partial charge is 0.169 e. The second kappa shape index (κ2) is 11.6. The predicted molar refractivity (Wildman–Crippen MR) is 110 cm³/mol. The summed E-state index contributed by atoms with van der Waals surface area (Å²) in [6.45, 7) is 13.0. The van der Waals surface area contributed by atoms with Gasteiger partial charge in [-0.2, -0.15) is 0 Å². The van der Waals surface area contributed by atoms with Gasteiger partial charge < -0.3 is 9.47 Å². The molecule has 0 spiro atoms. The van der Waals surface area contributed by atoms with Crippen molar-refractivity contribution in [3.05, 3.63) is 24.3 Å². The number of allylic oxidation sites excluding steroid dienone is 2. The number of methoxy groups -OCH3 is 2. The highest BCUT2D eigenvalue weighted by molar-refractivity contribution is 6.17. The summed E-state index contributed by atoms with van der Waals surface area (Å²) in [6, 6.07) is 0. The third kappa shape index (κ3) is 5.39. The first-order valence-electron chi connectivity index (χ1n) is 10.2. The Kier molecular flexibility index (Phi) is 10.2. The van der Waals surface area contributed by atoms with Gasteiger partial charge in [0, 0.05) is 27.9 Å². The van der Waals surface area contributed by atoms with E-state index in [4.69, 9.17) is 4.74 Å². The molecule has 0 aromatic rings. The summed E-state index contributed by atoms with van der Waals surface area (Å²) in [6.07, 6.45) is 5.99. The van der Waals surface area contributed by atoms with Crippen LogP contribution >= 0.6 is 0 Å². The van der Waals surface area contributed by atoms with Crippen LogP contribution in [0.3, 0.4) is 0 Å². The third-order valence-corrected chi connectivity index (χ3v) is 6.21. The highest BCUT2D eigenvalue weighted by atomic mass is 16.5. The molecule has 0 saturated heterocycles. The van der Waals surface area contributed by atoms with E-state index in [-0.39, 0.29) is 29.3 Å². The van der Waals surface area contributed by atoms with Gasteiger partial charge in [0.2, 0.25) is 0 Å². The zero-order valence-corrected chi connectivity index (χ0v) is 17.9. The minimum absolute atomic E-state index is 0.0176. The summed E-state index contributed by atoms with van der Waals surface area (Å²) in [7, 11) is 4.94. The normalized spacial score (nSPS) is 30.6. The lowest BCUT2D eigenvalue weighted by Gasteiger charge is -2.47. The highest BCUT2D eigenvalue weighted by Gasteiger charge is 2.52. The molecular weight excluding hydrogens is 340 g/mol. The first-order chi connectivity index (χ1) is 12.9. The zero-order chi connectivity index (χ0) is 20.6. The molecule has 2 saturated carbocycles. The van der Waals surface area contributed by atoms with Gasteiger partial charge in [-0.05, 0) is 60.5 Å². The molecular formula is C23H38O4. The SMILES string of the molecule is C=C1C(=O)C2C(=O)C(=C)[C@@H](CC)CC2C(CCCC)C1CCOC.COC. The van der Waals surface area contributed by atoms with Crippen molar-refractivity contribution in [1.29, 1.82) is 0 Å². The summed E-state index contributed by atoms with van der Waals surface area (Å²) in [5.41, 5.74) is 1.30.